The van der Waals surface area contributed by atoms with E-state index in [4.69, 9.17) is 9.16 Å². The molecule has 0 N–H and O–H groups in total. The third-order valence-electron chi connectivity index (χ3n) is 4.96. The van der Waals surface area contributed by atoms with Gasteiger partial charge in [-0.1, -0.05) is 20.8 Å². The number of carbonyl (C=O) groups excluding carboxylic acids is 2. The molecule has 2 aliphatic rings. The van der Waals surface area contributed by atoms with E-state index >= 15 is 0 Å². The van der Waals surface area contributed by atoms with Crippen LogP contribution in [0, 0.1) is 11.8 Å². The molecule has 19 heavy (non-hydrogen) atoms. The van der Waals surface area contributed by atoms with E-state index < -0.39 is 8.32 Å². The quantitative estimate of drug-likeness (QED) is 0.454. The highest BCUT2D eigenvalue weighted by Gasteiger charge is 2.53. The van der Waals surface area contributed by atoms with Crippen molar-refractivity contribution < 1.29 is 18.8 Å². The second-order valence-corrected chi connectivity index (χ2v) is 12.0. The second-order valence-electron chi connectivity index (χ2n) is 7.26. The Labute approximate surface area is 116 Å². The molecule has 1 saturated carbocycles. The number of hydrogen-bond acceptors (Lipinski definition) is 4. The van der Waals surface area contributed by atoms with Crippen molar-refractivity contribution in [3.05, 3.63) is 0 Å². The Morgan fingerprint density at radius 1 is 1.37 bits per heavy atom. The van der Waals surface area contributed by atoms with E-state index in [1.54, 1.807) is 0 Å². The molecular weight excluding hydrogens is 260 g/mol. The lowest BCUT2D eigenvalue weighted by atomic mass is 9.94. The Balaban J connectivity index is 2.11. The fourth-order valence-electron chi connectivity index (χ4n) is 2.77. The number of esters is 1. The van der Waals surface area contributed by atoms with E-state index in [1.807, 2.05) is 0 Å². The van der Waals surface area contributed by atoms with Crippen LogP contribution >= 0.6 is 0 Å². The van der Waals surface area contributed by atoms with Gasteiger partial charge >= 0.3 is 5.97 Å². The molecule has 0 aromatic heterocycles. The summed E-state index contributed by atoms with van der Waals surface area (Å²) in [5, 5.41) is 0.120. The number of ether oxygens (including phenoxy) is 1. The largest absolute Gasteiger partial charge is 0.462 e. The molecule has 108 valence electrons. The highest BCUT2D eigenvalue weighted by molar-refractivity contribution is 6.74. The van der Waals surface area contributed by atoms with Gasteiger partial charge in [-0.15, -0.1) is 0 Å². The molecular formula is C14H24O4Si. The molecule has 0 radical (unpaired) electrons. The zero-order chi connectivity index (χ0) is 14.4. The molecule has 0 spiro atoms. The fraction of sp³-hybridized carbons (Fsp3) is 0.857. The summed E-state index contributed by atoms with van der Waals surface area (Å²) in [7, 11) is -1.89. The van der Waals surface area contributed by atoms with Crippen LogP contribution in [0.3, 0.4) is 0 Å². The zero-order valence-electron chi connectivity index (χ0n) is 12.4. The van der Waals surface area contributed by atoms with Crippen LogP contribution in [0.2, 0.25) is 18.1 Å². The van der Waals surface area contributed by atoms with Gasteiger partial charge in [0.15, 0.2) is 8.32 Å². The van der Waals surface area contributed by atoms with Gasteiger partial charge in [-0.3, -0.25) is 4.79 Å². The molecule has 0 aromatic carbocycles. The SMILES string of the molecule is CC(C)(C)[Si](C)(C)O[C@H]1C[C@H]2OC(=O)C[C@H]2[C@H]1C=O. The second kappa shape index (κ2) is 4.70. The summed E-state index contributed by atoms with van der Waals surface area (Å²) in [6.45, 7) is 10.9. The standard InChI is InChI=1S/C14H24O4Si/c1-14(2,3)19(4,5)18-12-7-11-9(10(12)8-15)6-13(16)17-11/h8-12H,6-7H2,1-5H3/t9-,10+,11+,12-/m0/s1. The molecule has 4 atom stereocenters. The molecule has 1 saturated heterocycles. The van der Waals surface area contributed by atoms with Gasteiger partial charge in [0.1, 0.15) is 12.4 Å². The molecule has 0 unspecified atom stereocenters. The summed E-state index contributed by atoms with van der Waals surface area (Å²) in [6.07, 6.45) is 1.81. The summed E-state index contributed by atoms with van der Waals surface area (Å²) in [5.74, 6) is -0.335. The van der Waals surface area contributed by atoms with Gasteiger partial charge in [-0.25, -0.2) is 0 Å². The van der Waals surface area contributed by atoms with Gasteiger partial charge in [0.25, 0.3) is 0 Å². The minimum Gasteiger partial charge on any atom is -0.462 e. The van der Waals surface area contributed by atoms with Gasteiger partial charge in [-0.05, 0) is 18.1 Å². The zero-order valence-corrected chi connectivity index (χ0v) is 13.4. The van der Waals surface area contributed by atoms with Crippen molar-refractivity contribution in [2.24, 2.45) is 11.8 Å². The van der Waals surface area contributed by atoms with Crippen LogP contribution in [0.1, 0.15) is 33.6 Å². The van der Waals surface area contributed by atoms with Crippen molar-refractivity contribution in [1.82, 2.24) is 0 Å². The molecule has 4 nitrogen and oxygen atoms in total. The van der Waals surface area contributed by atoms with Gasteiger partial charge in [-0.2, -0.15) is 0 Å². The van der Waals surface area contributed by atoms with Crippen molar-refractivity contribution in [2.45, 2.75) is 64.0 Å². The monoisotopic (exact) mass is 284 g/mol. The number of hydrogen-bond donors (Lipinski definition) is 0. The highest BCUT2D eigenvalue weighted by Crippen LogP contribution is 2.45. The lowest BCUT2D eigenvalue weighted by Gasteiger charge is -2.39. The summed E-state index contributed by atoms with van der Waals surface area (Å²) >= 11 is 0. The first-order valence-electron chi connectivity index (χ1n) is 6.98. The number of rotatable bonds is 3. The topological polar surface area (TPSA) is 52.6 Å². The predicted octanol–water partition coefficient (Wildman–Crippen LogP) is 2.53. The number of aldehydes is 1. The summed E-state index contributed by atoms with van der Waals surface area (Å²) in [5.41, 5.74) is 0. The molecule has 5 heteroatoms. The minimum atomic E-state index is -1.89. The first-order valence-corrected chi connectivity index (χ1v) is 9.89. The minimum absolute atomic E-state index is 0.0276. The maximum Gasteiger partial charge on any atom is 0.306 e. The van der Waals surface area contributed by atoms with E-state index in [2.05, 4.69) is 33.9 Å². The van der Waals surface area contributed by atoms with E-state index in [9.17, 15) is 9.59 Å². The van der Waals surface area contributed by atoms with Crippen LogP contribution in [0.15, 0.2) is 0 Å². The molecule has 0 bridgehead atoms. The van der Waals surface area contributed by atoms with E-state index in [0.717, 1.165) is 6.29 Å². The van der Waals surface area contributed by atoms with Crippen LogP contribution in [0.4, 0.5) is 0 Å². The van der Waals surface area contributed by atoms with E-state index in [-0.39, 0.29) is 35.1 Å². The van der Waals surface area contributed by atoms with Gasteiger partial charge in [0.05, 0.1) is 12.5 Å². The van der Waals surface area contributed by atoms with Crippen molar-refractivity contribution in [2.75, 3.05) is 0 Å². The Morgan fingerprint density at radius 3 is 2.53 bits per heavy atom. The predicted molar refractivity (Wildman–Crippen MR) is 74.2 cm³/mol. The maximum atomic E-state index is 11.4. The van der Waals surface area contributed by atoms with Crippen LogP contribution in [-0.2, 0) is 18.8 Å². The van der Waals surface area contributed by atoms with Crippen molar-refractivity contribution >= 4 is 20.6 Å². The summed E-state index contributed by atoms with van der Waals surface area (Å²) in [6, 6.07) is 0. The summed E-state index contributed by atoms with van der Waals surface area (Å²) in [4.78, 5) is 22.7. The molecule has 0 amide bonds. The van der Waals surface area contributed by atoms with Crippen molar-refractivity contribution in [1.29, 1.82) is 0 Å². The van der Waals surface area contributed by atoms with E-state index in [1.165, 1.54) is 0 Å². The fourth-order valence-corrected chi connectivity index (χ4v) is 4.13. The normalized spacial score (nSPS) is 35.1. The van der Waals surface area contributed by atoms with Crippen molar-refractivity contribution in [3.63, 3.8) is 0 Å². The number of carbonyl (C=O) groups is 2. The first-order chi connectivity index (χ1) is 8.65. The maximum absolute atomic E-state index is 11.4. The molecule has 2 rings (SSSR count). The van der Waals surface area contributed by atoms with Crippen LogP contribution in [0.25, 0.3) is 0 Å². The van der Waals surface area contributed by atoms with Gasteiger partial charge in [0, 0.05) is 18.3 Å². The third-order valence-corrected chi connectivity index (χ3v) is 9.46. The Hall–Kier alpha value is -0.683. The lowest BCUT2D eigenvalue weighted by molar-refractivity contribution is -0.141. The average molecular weight is 284 g/mol. The highest BCUT2D eigenvalue weighted by atomic mass is 28.4. The smallest absolute Gasteiger partial charge is 0.306 e. The molecule has 2 fully saturated rings. The summed E-state index contributed by atoms with van der Waals surface area (Å²) < 4.78 is 11.6. The van der Waals surface area contributed by atoms with Gasteiger partial charge < -0.3 is 14.0 Å². The van der Waals surface area contributed by atoms with Gasteiger partial charge in [0.2, 0.25) is 0 Å². The average Bonchev–Trinajstić information content (AvgIpc) is 2.70. The Kier molecular flexibility index (Phi) is 3.64. The number of fused-ring (bicyclic) bond motifs is 1. The van der Waals surface area contributed by atoms with Crippen LogP contribution in [0.5, 0.6) is 0 Å². The lowest BCUT2D eigenvalue weighted by Crippen LogP contribution is -2.45. The van der Waals surface area contributed by atoms with Crippen LogP contribution in [-0.4, -0.2) is 32.8 Å². The third kappa shape index (κ3) is 2.63. The first kappa shape index (κ1) is 14.7. The molecule has 0 aromatic rings. The Bertz CT molecular complexity index is 385. The van der Waals surface area contributed by atoms with E-state index in [0.29, 0.717) is 12.8 Å². The molecule has 1 heterocycles. The molecule has 1 aliphatic carbocycles. The van der Waals surface area contributed by atoms with Crippen LogP contribution < -0.4 is 0 Å². The molecule has 1 aliphatic heterocycles. The van der Waals surface area contributed by atoms with Crippen molar-refractivity contribution in [3.8, 4) is 0 Å². The Morgan fingerprint density at radius 2 is 2.00 bits per heavy atom.